The van der Waals surface area contributed by atoms with E-state index >= 15 is 0 Å². The van der Waals surface area contributed by atoms with Crippen LogP contribution in [0.15, 0.2) is 59.6 Å². The van der Waals surface area contributed by atoms with Gasteiger partial charge in [0, 0.05) is 35.1 Å². The lowest BCUT2D eigenvalue weighted by Crippen LogP contribution is -2.47. The summed E-state index contributed by atoms with van der Waals surface area (Å²) in [6.07, 6.45) is 5.51. The van der Waals surface area contributed by atoms with Crippen LogP contribution < -0.4 is 4.72 Å². The number of H-pyrrole nitrogens is 1. The number of nitrogens with one attached hydrogen (secondary N) is 2. The van der Waals surface area contributed by atoms with Gasteiger partial charge >= 0.3 is 0 Å². The largest absolute Gasteiger partial charge is 0.361 e. The first kappa shape index (κ1) is 21.5. The average Bonchev–Trinajstić information content (AvgIpc) is 3.29. The maximum Gasteiger partial charge on any atom is 0.240 e. The fourth-order valence-electron chi connectivity index (χ4n) is 4.07. The molecule has 1 fully saturated rings. The molecule has 2 aromatic carbocycles. The van der Waals surface area contributed by atoms with Crippen molar-refractivity contribution >= 4 is 28.8 Å². The van der Waals surface area contributed by atoms with Gasteiger partial charge in [0.15, 0.2) is 0 Å². The van der Waals surface area contributed by atoms with E-state index in [9.17, 15) is 4.79 Å². The first-order chi connectivity index (χ1) is 15.1. The second kappa shape index (κ2) is 10.0. The topological polar surface area (TPSA) is 71.9 Å². The molecule has 0 radical (unpaired) electrons. The summed E-state index contributed by atoms with van der Waals surface area (Å²) in [7, 11) is 0. The molecule has 1 unspecified atom stereocenters. The lowest BCUT2D eigenvalue weighted by atomic mass is 9.97. The number of likely N-dealkylation sites (tertiary alicyclic amines) is 1. The quantitative estimate of drug-likeness (QED) is 0.521. The van der Waals surface area contributed by atoms with Gasteiger partial charge in [-0.2, -0.15) is 5.26 Å². The molecule has 6 heteroatoms. The van der Waals surface area contributed by atoms with Crippen LogP contribution in [0.4, 0.5) is 0 Å². The Labute approximate surface area is 188 Å². The van der Waals surface area contributed by atoms with E-state index in [1.165, 1.54) is 11.9 Å². The summed E-state index contributed by atoms with van der Waals surface area (Å²) < 4.78 is 3.47. The van der Waals surface area contributed by atoms with Crippen molar-refractivity contribution < 1.29 is 4.79 Å². The number of benzene rings is 2. The van der Waals surface area contributed by atoms with Crippen LogP contribution in [0.2, 0.25) is 0 Å². The Hall–Kier alpha value is -2.75. The molecule has 1 aliphatic rings. The molecule has 1 aromatic heterocycles. The highest BCUT2D eigenvalue weighted by atomic mass is 32.2. The maximum atomic E-state index is 13.4. The number of nitriles is 1. The van der Waals surface area contributed by atoms with Crippen LogP contribution in [-0.2, 0) is 11.2 Å². The molecular formula is C25H28N4OS. The lowest BCUT2D eigenvalue weighted by molar-refractivity contribution is -0.134. The van der Waals surface area contributed by atoms with E-state index in [-0.39, 0.29) is 11.9 Å². The molecule has 0 spiro atoms. The predicted octanol–water partition coefficient (Wildman–Crippen LogP) is 4.90. The molecule has 1 saturated heterocycles. The second-order valence-corrected chi connectivity index (χ2v) is 9.21. The molecular weight excluding hydrogens is 404 g/mol. The van der Waals surface area contributed by atoms with Crippen LogP contribution in [0.1, 0.15) is 37.3 Å². The molecule has 0 saturated carbocycles. The highest BCUT2D eigenvalue weighted by molar-refractivity contribution is 7.97. The minimum atomic E-state index is -0.279. The fourth-order valence-corrected chi connectivity index (χ4v) is 4.99. The Bertz CT molecular complexity index is 1080. The van der Waals surface area contributed by atoms with Crippen LogP contribution in [0.25, 0.3) is 10.9 Å². The first-order valence-electron chi connectivity index (χ1n) is 10.9. The summed E-state index contributed by atoms with van der Waals surface area (Å²) in [5, 5.41) is 10.3. The number of aromatic nitrogens is 1. The summed E-state index contributed by atoms with van der Waals surface area (Å²) in [5.74, 6) is 0.863. The number of fused-ring (bicyclic) bond motifs is 1. The zero-order valence-electron chi connectivity index (χ0n) is 17.8. The molecule has 1 aliphatic heterocycles. The van der Waals surface area contributed by atoms with Crippen LogP contribution >= 0.6 is 11.9 Å². The highest BCUT2D eigenvalue weighted by Gasteiger charge is 2.27. The van der Waals surface area contributed by atoms with E-state index in [4.69, 9.17) is 5.26 Å². The third kappa shape index (κ3) is 5.30. The van der Waals surface area contributed by atoms with Crippen molar-refractivity contribution in [1.82, 2.24) is 14.6 Å². The molecule has 0 aliphatic carbocycles. The van der Waals surface area contributed by atoms with E-state index < -0.39 is 0 Å². The highest BCUT2D eigenvalue weighted by Crippen LogP contribution is 2.27. The molecule has 31 heavy (non-hydrogen) atoms. The van der Waals surface area contributed by atoms with Crippen molar-refractivity contribution in [2.24, 2.45) is 5.92 Å². The van der Waals surface area contributed by atoms with Crippen molar-refractivity contribution in [2.75, 3.05) is 13.1 Å². The van der Waals surface area contributed by atoms with Gasteiger partial charge < -0.3 is 9.88 Å². The van der Waals surface area contributed by atoms with Gasteiger partial charge in [-0.15, -0.1) is 0 Å². The van der Waals surface area contributed by atoms with Gasteiger partial charge in [0.2, 0.25) is 5.91 Å². The van der Waals surface area contributed by atoms with Crippen molar-refractivity contribution in [2.45, 2.75) is 43.5 Å². The Kier molecular flexibility index (Phi) is 6.96. The minimum Gasteiger partial charge on any atom is -0.361 e. The van der Waals surface area contributed by atoms with Crippen LogP contribution in [0, 0.1) is 17.2 Å². The van der Waals surface area contributed by atoms with E-state index in [0.717, 1.165) is 53.7 Å². The number of hydrogen-bond acceptors (Lipinski definition) is 4. The number of hydrogen-bond donors (Lipinski definition) is 2. The normalized spacial score (nSPS) is 15.7. The number of nitrogens with zero attached hydrogens (tertiary/aromatic N) is 2. The molecule has 1 amide bonds. The third-order valence-electron chi connectivity index (χ3n) is 6.04. The second-order valence-electron chi connectivity index (χ2n) is 8.33. The molecule has 160 valence electrons. The van der Waals surface area contributed by atoms with Gasteiger partial charge in [-0.1, -0.05) is 25.1 Å². The summed E-state index contributed by atoms with van der Waals surface area (Å²) in [5.41, 5.74) is 2.84. The molecule has 2 heterocycles. The SMILES string of the molecule is CC1CCN(C(=O)C(CCc2cccc(C#N)c2)NSc2cccc3[nH]ccc23)CC1. The maximum absolute atomic E-state index is 13.4. The average molecular weight is 433 g/mol. The Morgan fingerprint density at radius 1 is 1.26 bits per heavy atom. The van der Waals surface area contributed by atoms with Gasteiger partial charge in [-0.05, 0) is 79.4 Å². The van der Waals surface area contributed by atoms with Gasteiger partial charge in [0.25, 0.3) is 0 Å². The fraction of sp³-hybridized carbons (Fsp3) is 0.360. The van der Waals surface area contributed by atoms with Crippen molar-refractivity contribution in [3.05, 3.63) is 65.9 Å². The molecule has 5 nitrogen and oxygen atoms in total. The number of aromatic amines is 1. The number of amides is 1. The summed E-state index contributed by atoms with van der Waals surface area (Å²) in [6, 6.07) is 17.8. The van der Waals surface area contributed by atoms with Crippen LogP contribution in [-0.4, -0.2) is 34.9 Å². The van der Waals surface area contributed by atoms with Gasteiger partial charge in [-0.3, -0.25) is 4.79 Å². The zero-order valence-corrected chi connectivity index (χ0v) is 18.6. The Morgan fingerprint density at radius 3 is 2.87 bits per heavy atom. The van der Waals surface area contributed by atoms with Crippen molar-refractivity contribution in [3.8, 4) is 6.07 Å². The molecule has 4 rings (SSSR count). The van der Waals surface area contributed by atoms with E-state index in [2.05, 4.69) is 40.9 Å². The summed E-state index contributed by atoms with van der Waals surface area (Å²) in [6.45, 7) is 3.92. The van der Waals surface area contributed by atoms with Crippen molar-refractivity contribution in [3.63, 3.8) is 0 Å². The number of rotatable bonds is 7. The number of carbonyl (C=O) groups is 1. The number of aryl methyl sites for hydroxylation is 1. The monoisotopic (exact) mass is 432 g/mol. The third-order valence-corrected chi connectivity index (χ3v) is 7.02. The molecule has 1 atom stereocenters. The van der Waals surface area contributed by atoms with Gasteiger partial charge in [0.05, 0.1) is 17.7 Å². The van der Waals surface area contributed by atoms with Crippen molar-refractivity contribution in [1.29, 1.82) is 5.26 Å². The van der Waals surface area contributed by atoms with Gasteiger partial charge in [0.1, 0.15) is 0 Å². The van der Waals surface area contributed by atoms with E-state index in [1.54, 1.807) is 0 Å². The summed E-state index contributed by atoms with van der Waals surface area (Å²) in [4.78, 5) is 19.7. The zero-order chi connectivity index (χ0) is 21.6. The number of carbonyl (C=O) groups excluding carboxylic acids is 1. The molecule has 0 bridgehead atoms. The Balaban J connectivity index is 1.48. The standard InChI is InChI=1S/C25H28N4OS/c1-18-11-14-29(15-12-18)25(30)23(9-8-19-4-2-5-20(16-19)17-26)28-31-24-7-3-6-22-21(24)10-13-27-22/h2-7,10,13,16,18,23,27-28H,8-9,11-12,14-15H2,1H3. The Morgan fingerprint density at radius 2 is 2.06 bits per heavy atom. The predicted molar refractivity (Wildman–Crippen MR) is 126 cm³/mol. The first-order valence-corrected chi connectivity index (χ1v) is 11.7. The van der Waals surface area contributed by atoms with Crippen LogP contribution in [0.5, 0.6) is 0 Å². The molecule has 2 N–H and O–H groups in total. The smallest absolute Gasteiger partial charge is 0.240 e. The van der Waals surface area contributed by atoms with E-state index in [1.807, 2.05) is 41.4 Å². The van der Waals surface area contributed by atoms with Crippen LogP contribution in [0.3, 0.4) is 0 Å². The summed E-state index contributed by atoms with van der Waals surface area (Å²) >= 11 is 1.53. The number of piperidine rings is 1. The minimum absolute atomic E-state index is 0.178. The molecule has 3 aromatic rings. The van der Waals surface area contributed by atoms with E-state index in [0.29, 0.717) is 17.9 Å². The lowest BCUT2D eigenvalue weighted by Gasteiger charge is -2.33. The van der Waals surface area contributed by atoms with Gasteiger partial charge in [-0.25, -0.2) is 4.72 Å².